The molecule has 19 heavy (non-hydrogen) atoms. The first-order valence-electron chi connectivity index (χ1n) is 6.22. The van der Waals surface area contributed by atoms with E-state index in [0.29, 0.717) is 12.4 Å². The Morgan fingerprint density at radius 3 is 2.84 bits per heavy atom. The maximum absolute atomic E-state index is 10.4. The number of hydrogen-bond acceptors (Lipinski definition) is 3. The summed E-state index contributed by atoms with van der Waals surface area (Å²) in [5.74, 6) is 0.686. The number of benzene rings is 1. The summed E-state index contributed by atoms with van der Waals surface area (Å²) in [5, 5.41) is 10.4. The molecule has 0 aliphatic carbocycles. The SMILES string of the molecule is CCCOc1cncc(C(O)c2ccccc2Br)c1. The van der Waals surface area contributed by atoms with Crippen LogP contribution in [-0.4, -0.2) is 16.7 Å². The lowest BCUT2D eigenvalue weighted by molar-refractivity contribution is 0.218. The molecule has 0 aliphatic rings. The molecule has 1 N–H and O–H groups in total. The van der Waals surface area contributed by atoms with Gasteiger partial charge in [-0.15, -0.1) is 0 Å². The smallest absolute Gasteiger partial charge is 0.137 e. The third-order valence-electron chi connectivity index (χ3n) is 2.72. The molecule has 0 bridgehead atoms. The normalized spacial score (nSPS) is 12.2. The second-order valence-electron chi connectivity index (χ2n) is 4.23. The highest BCUT2D eigenvalue weighted by Gasteiger charge is 2.14. The van der Waals surface area contributed by atoms with E-state index >= 15 is 0 Å². The highest BCUT2D eigenvalue weighted by Crippen LogP contribution is 2.29. The summed E-state index contributed by atoms with van der Waals surface area (Å²) in [5.41, 5.74) is 1.54. The van der Waals surface area contributed by atoms with Gasteiger partial charge in [-0.25, -0.2) is 0 Å². The van der Waals surface area contributed by atoms with Crippen LogP contribution in [0.5, 0.6) is 5.75 Å². The molecule has 1 aromatic carbocycles. The molecule has 0 radical (unpaired) electrons. The minimum atomic E-state index is -0.715. The summed E-state index contributed by atoms with van der Waals surface area (Å²) < 4.78 is 6.40. The molecule has 1 aromatic heterocycles. The monoisotopic (exact) mass is 321 g/mol. The van der Waals surface area contributed by atoms with E-state index < -0.39 is 6.10 Å². The van der Waals surface area contributed by atoms with Gasteiger partial charge in [-0.2, -0.15) is 0 Å². The third-order valence-corrected chi connectivity index (χ3v) is 3.44. The molecule has 3 nitrogen and oxygen atoms in total. The predicted octanol–water partition coefficient (Wildman–Crippen LogP) is 3.71. The second kappa shape index (κ2) is 6.68. The zero-order chi connectivity index (χ0) is 13.7. The van der Waals surface area contributed by atoms with Crippen molar-refractivity contribution in [2.45, 2.75) is 19.4 Å². The number of pyridine rings is 1. The lowest BCUT2D eigenvalue weighted by atomic mass is 10.0. The lowest BCUT2D eigenvalue weighted by Gasteiger charge is -2.14. The number of nitrogens with zero attached hydrogens (tertiary/aromatic N) is 1. The highest BCUT2D eigenvalue weighted by atomic mass is 79.9. The van der Waals surface area contributed by atoms with E-state index in [9.17, 15) is 5.11 Å². The van der Waals surface area contributed by atoms with Crippen molar-refractivity contribution in [2.75, 3.05) is 6.61 Å². The Labute approximate surface area is 121 Å². The van der Waals surface area contributed by atoms with Crippen LogP contribution in [0.25, 0.3) is 0 Å². The molecule has 0 saturated heterocycles. The van der Waals surface area contributed by atoms with Gasteiger partial charge >= 0.3 is 0 Å². The molecule has 0 spiro atoms. The Morgan fingerprint density at radius 2 is 2.11 bits per heavy atom. The predicted molar refractivity (Wildman–Crippen MR) is 78.2 cm³/mol. The molecule has 4 heteroatoms. The topological polar surface area (TPSA) is 42.4 Å². The standard InChI is InChI=1S/C15H16BrNO2/c1-2-7-19-12-8-11(9-17-10-12)15(18)13-5-3-4-6-14(13)16/h3-6,8-10,15,18H,2,7H2,1H3. The maximum Gasteiger partial charge on any atom is 0.137 e. The molecule has 0 saturated carbocycles. The second-order valence-corrected chi connectivity index (χ2v) is 5.08. The molecule has 0 fully saturated rings. The van der Waals surface area contributed by atoms with Crippen molar-refractivity contribution in [1.29, 1.82) is 0 Å². The summed E-state index contributed by atoms with van der Waals surface area (Å²) in [7, 11) is 0. The van der Waals surface area contributed by atoms with Gasteiger partial charge in [0.25, 0.3) is 0 Å². The summed E-state index contributed by atoms with van der Waals surface area (Å²) in [6, 6.07) is 9.43. The summed E-state index contributed by atoms with van der Waals surface area (Å²) in [4.78, 5) is 4.11. The van der Waals surface area contributed by atoms with Gasteiger partial charge in [0.15, 0.2) is 0 Å². The van der Waals surface area contributed by atoms with Crippen molar-refractivity contribution in [1.82, 2.24) is 4.98 Å². The van der Waals surface area contributed by atoms with Gasteiger partial charge in [-0.3, -0.25) is 4.98 Å². The van der Waals surface area contributed by atoms with E-state index in [4.69, 9.17) is 4.74 Å². The first kappa shape index (κ1) is 14.0. The van der Waals surface area contributed by atoms with Crippen molar-refractivity contribution in [2.24, 2.45) is 0 Å². The minimum Gasteiger partial charge on any atom is -0.492 e. The molecule has 1 heterocycles. The average molecular weight is 322 g/mol. The highest BCUT2D eigenvalue weighted by molar-refractivity contribution is 9.10. The summed E-state index contributed by atoms with van der Waals surface area (Å²) in [6.45, 7) is 2.70. The Morgan fingerprint density at radius 1 is 1.32 bits per heavy atom. The van der Waals surface area contributed by atoms with Crippen LogP contribution in [0.3, 0.4) is 0 Å². The van der Waals surface area contributed by atoms with Gasteiger partial charge in [0.1, 0.15) is 11.9 Å². The molecular weight excluding hydrogens is 306 g/mol. The number of rotatable bonds is 5. The molecule has 0 amide bonds. The van der Waals surface area contributed by atoms with Crippen molar-refractivity contribution < 1.29 is 9.84 Å². The van der Waals surface area contributed by atoms with Gasteiger partial charge in [-0.05, 0) is 24.1 Å². The van der Waals surface area contributed by atoms with E-state index in [1.165, 1.54) is 0 Å². The van der Waals surface area contributed by atoms with E-state index in [2.05, 4.69) is 20.9 Å². The fraction of sp³-hybridized carbons (Fsp3) is 0.267. The zero-order valence-electron chi connectivity index (χ0n) is 10.7. The zero-order valence-corrected chi connectivity index (χ0v) is 12.3. The average Bonchev–Trinajstić information content (AvgIpc) is 2.45. The number of halogens is 1. The van der Waals surface area contributed by atoms with Crippen molar-refractivity contribution in [3.05, 3.63) is 58.3 Å². The lowest BCUT2D eigenvalue weighted by Crippen LogP contribution is -2.03. The third kappa shape index (κ3) is 3.55. The van der Waals surface area contributed by atoms with Crippen LogP contribution in [0.2, 0.25) is 0 Å². The molecule has 2 rings (SSSR count). The molecular formula is C15H16BrNO2. The molecule has 1 unspecified atom stereocenters. The summed E-state index contributed by atoms with van der Waals surface area (Å²) in [6.07, 6.45) is 3.54. The Kier molecular flexibility index (Phi) is 4.93. The number of ether oxygens (including phenoxy) is 1. The number of aromatic nitrogens is 1. The summed E-state index contributed by atoms with van der Waals surface area (Å²) >= 11 is 3.44. The number of hydrogen-bond donors (Lipinski definition) is 1. The van der Waals surface area contributed by atoms with Crippen molar-refractivity contribution >= 4 is 15.9 Å². The van der Waals surface area contributed by atoms with Crippen LogP contribution < -0.4 is 4.74 Å². The number of aliphatic hydroxyl groups is 1. The molecule has 100 valence electrons. The fourth-order valence-electron chi connectivity index (χ4n) is 1.76. The van der Waals surface area contributed by atoms with Crippen LogP contribution in [0.15, 0.2) is 47.2 Å². The van der Waals surface area contributed by atoms with Crippen molar-refractivity contribution in [3.63, 3.8) is 0 Å². The maximum atomic E-state index is 10.4. The van der Waals surface area contributed by atoms with Crippen LogP contribution >= 0.6 is 15.9 Å². The first-order valence-corrected chi connectivity index (χ1v) is 7.02. The van der Waals surface area contributed by atoms with Gasteiger partial charge < -0.3 is 9.84 Å². The van der Waals surface area contributed by atoms with Gasteiger partial charge in [0, 0.05) is 16.2 Å². The Balaban J connectivity index is 2.24. The van der Waals surface area contributed by atoms with Crippen LogP contribution in [-0.2, 0) is 0 Å². The van der Waals surface area contributed by atoms with E-state index in [-0.39, 0.29) is 0 Å². The van der Waals surface area contributed by atoms with Crippen molar-refractivity contribution in [3.8, 4) is 5.75 Å². The van der Waals surface area contributed by atoms with Crippen LogP contribution in [0.4, 0.5) is 0 Å². The fourth-order valence-corrected chi connectivity index (χ4v) is 2.26. The van der Waals surface area contributed by atoms with E-state index in [0.717, 1.165) is 22.0 Å². The van der Waals surface area contributed by atoms with Crippen LogP contribution in [0, 0.1) is 0 Å². The molecule has 2 aromatic rings. The van der Waals surface area contributed by atoms with Gasteiger partial charge in [0.05, 0.1) is 12.8 Å². The van der Waals surface area contributed by atoms with Gasteiger partial charge in [-0.1, -0.05) is 41.1 Å². The quantitative estimate of drug-likeness (QED) is 0.912. The minimum absolute atomic E-state index is 0.649. The van der Waals surface area contributed by atoms with Gasteiger partial charge in [0.2, 0.25) is 0 Å². The molecule has 1 atom stereocenters. The largest absolute Gasteiger partial charge is 0.492 e. The van der Waals surface area contributed by atoms with E-state index in [1.807, 2.05) is 37.3 Å². The van der Waals surface area contributed by atoms with Crippen LogP contribution in [0.1, 0.15) is 30.6 Å². The Bertz CT molecular complexity index is 545. The Hall–Kier alpha value is -1.39. The molecule has 0 aliphatic heterocycles. The van der Waals surface area contributed by atoms with E-state index in [1.54, 1.807) is 12.4 Å². The number of aliphatic hydroxyl groups excluding tert-OH is 1. The first-order chi connectivity index (χ1) is 9.22.